The van der Waals surface area contributed by atoms with Gasteiger partial charge in [0, 0.05) is 18.4 Å². The van der Waals surface area contributed by atoms with Gasteiger partial charge in [-0.05, 0) is 63.1 Å². The number of benzene rings is 1. The van der Waals surface area contributed by atoms with Crippen LogP contribution < -0.4 is 4.90 Å². The first-order valence-corrected chi connectivity index (χ1v) is 8.49. The fourth-order valence-electron chi connectivity index (χ4n) is 2.21. The minimum absolute atomic E-state index is 0.364. The average molecular weight is 338 g/mol. The van der Waals surface area contributed by atoms with Crippen molar-refractivity contribution < 1.29 is 9.53 Å². The fraction of sp³-hybridized carbons (Fsp3) is 0.333. The van der Waals surface area contributed by atoms with Gasteiger partial charge < -0.3 is 4.74 Å². The van der Waals surface area contributed by atoms with Crippen LogP contribution in [0.15, 0.2) is 42.5 Å². The number of hydrogen-bond donors (Lipinski definition) is 0. The van der Waals surface area contributed by atoms with E-state index in [1.807, 2.05) is 75.4 Å². The molecule has 1 aromatic heterocycles. The molecule has 0 aliphatic heterocycles. The summed E-state index contributed by atoms with van der Waals surface area (Å²) in [6.07, 6.45) is 4.56. The highest BCUT2D eigenvalue weighted by molar-refractivity contribution is 5.87. The zero-order valence-corrected chi connectivity index (χ0v) is 15.6. The van der Waals surface area contributed by atoms with E-state index >= 15 is 0 Å². The first-order valence-electron chi connectivity index (χ1n) is 8.49. The van der Waals surface area contributed by atoms with Crippen molar-refractivity contribution >= 4 is 23.9 Å². The Morgan fingerprint density at radius 1 is 1.12 bits per heavy atom. The van der Waals surface area contributed by atoms with Crippen LogP contribution in [0.2, 0.25) is 0 Å². The van der Waals surface area contributed by atoms with Crippen molar-refractivity contribution in [3.8, 4) is 0 Å². The molecule has 0 atom stereocenters. The van der Waals surface area contributed by atoms with Crippen molar-refractivity contribution in [3.05, 3.63) is 59.4 Å². The topological polar surface area (TPSA) is 42.4 Å². The van der Waals surface area contributed by atoms with E-state index in [0.717, 1.165) is 29.1 Å². The van der Waals surface area contributed by atoms with E-state index in [4.69, 9.17) is 4.74 Å². The molecule has 2 rings (SSSR count). The molecule has 0 radical (unpaired) electrons. The SMILES string of the molecule is CCc1cccc(C=Cc2ccc(N(C)C(=O)OC(C)(C)C)cc2)n1. The number of ether oxygens (including phenoxy) is 1. The van der Waals surface area contributed by atoms with Gasteiger partial charge in [0.25, 0.3) is 0 Å². The van der Waals surface area contributed by atoms with Gasteiger partial charge in [-0.3, -0.25) is 9.88 Å². The van der Waals surface area contributed by atoms with Gasteiger partial charge in [0.1, 0.15) is 5.60 Å². The van der Waals surface area contributed by atoms with Crippen molar-refractivity contribution in [1.29, 1.82) is 0 Å². The number of rotatable bonds is 4. The maximum atomic E-state index is 12.1. The first kappa shape index (κ1) is 18.7. The van der Waals surface area contributed by atoms with Gasteiger partial charge in [-0.25, -0.2) is 4.79 Å². The van der Waals surface area contributed by atoms with E-state index < -0.39 is 5.60 Å². The molecule has 0 N–H and O–H groups in total. The van der Waals surface area contributed by atoms with Crippen molar-refractivity contribution in [2.45, 2.75) is 39.7 Å². The molecule has 0 fully saturated rings. The summed E-state index contributed by atoms with van der Waals surface area (Å²) in [7, 11) is 1.71. The van der Waals surface area contributed by atoms with Crippen LogP contribution in [0, 0.1) is 0 Å². The smallest absolute Gasteiger partial charge is 0.414 e. The van der Waals surface area contributed by atoms with E-state index in [1.165, 1.54) is 4.90 Å². The van der Waals surface area contributed by atoms with Crippen LogP contribution in [0.1, 0.15) is 44.6 Å². The summed E-state index contributed by atoms with van der Waals surface area (Å²) < 4.78 is 5.38. The molecule has 1 amide bonds. The lowest BCUT2D eigenvalue weighted by atomic mass is 10.1. The number of carbonyl (C=O) groups is 1. The predicted octanol–water partition coefficient (Wildman–Crippen LogP) is 5.19. The molecule has 0 saturated heterocycles. The van der Waals surface area contributed by atoms with E-state index in [1.54, 1.807) is 7.05 Å². The van der Waals surface area contributed by atoms with Crippen molar-refractivity contribution in [1.82, 2.24) is 4.98 Å². The summed E-state index contributed by atoms with van der Waals surface area (Å²) in [6, 6.07) is 13.8. The number of carbonyl (C=O) groups excluding carboxylic acids is 1. The van der Waals surface area contributed by atoms with Crippen LogP contribution in [0.3, 0.4) is 0 Å². The Labute approximate surface area is 150 Å². The highest BCUT2D eigenvalue weighted by Crippen LogP contribution is 2.18. The van der Waals surface area contributed by atoms with E-state index in [2.05, 4.69) is 11.9 Å². The van der Waals surface area contributed by atoms with Crippen LogP contribution in [-0.4, -0.2) is 23.7 Å². The second-order valence-corrected chi connectivity index (χ2v) is 6.87. The second-order valence-electron chi connectivity index (χ2n) is 6.87. The standard InChI is InChI=1S/C21H26N2O2/c1-6-17-8-7-9-18(22-17)13-10-16-11-14-19(15-12-16)23(5)20(24)25-21(2,3)4/h7-15H,6H2,1-5H3. The number of anilines is 1. The Hall–Kier alpha value is -2.62. The normalized spacial score (nSPS) is 11.6. The molecule has 1 heterocycles. The summed E-state index contributed by atoms with van der Waals surface area (Å²) in [5, 5.41) is 0. The summed E-state index contributed by atoms with van der Waals surface area (Å²) >= 11 is 0. The number of pyridine rings is 1. The summed E-state index contributed by atoms with van der Waals surface area (Å²) in [5.74, 6) is 0. The maximum absolute atomic E-state index is 12.1. The van der Waals surface area contributed by atoms with Gasteiger partial charge >= 0.3 is 6.09 Å². The van der Waals surface area contributed by atoms with Gasteiger partial charge in [0.2, 0.25) is 0 Å². The molecule has 0 aliphatic carbocycles. The first-order chi connectivity index (χ1) is 11.8. The molecule has 1 aromatic carbocycles. The zero-order chi connectivity index (χ0) is 18.4. The molecular weight excluding hydrogens is 312 g/mol. The van der Waals surface area contributed by atoms with Gasteiger partial charge in [-0.15, -0.1) is 0 Å². The monoisotopic (exact) mass is 338 g/mol. The summed E-state index contributed by atoms with van der Waals surface area (Å²) in [4.78, 5) is 18.2. The largest absolute Gasteiger partial charge is 0.443 e. The van der Waals surface area contributed by atoms with Gasteiger partial charge in [-0.1, -0.05) is 31.2 Å². The minimum Gasteiger partial charge on any atom is -0.443 e. The number of hydrogen-bond acceptors (Lipinski definition) is 3. The summed E-state index contributed by atoms with van der Waals surface area (Å²) in [5.41, 5.74) is 3.35. The minimum atomic E-state index is -0.506. The van der Waals surface area contributed by atoms with Crippen molar-refractivity contribution in [2.75, 3.05) is 11.9 Å². The molecule has 4 nitrogen and oxygen atoms in total. The van der Waals surface area contributed by atoms with Crippen molar-refractivity contribution in [2.24, 2.45) is 0 Å². The molecule has 25 heavy (non-hydrogen) atoms. The number of aryl methyl sites for hydroxylation is 1. The van der Waals surface area contributed by atoms with Gasteiger partial charge in [0.15, 0.2) is 0 Å². The Morgan fingerprint density at radius 3 is 2.40 bits per heavy atom. The van der Waals surface area contributed by atoms with Crippen LogP contribution in [0.5, 0.6) is 0 Å². The predicted molar refractivity (Wildman–Crippen MR) is 104 cm³/mol. The van der Waals surface area contributed by atoms with E-state index in [9.17, 15) is 4.79 Å². The molecule has 0 unspecified atom stereocenters. The number of nitrogens with zero attached hydrogens (tertiary/aromatic N) is 2. The molecule has 2 aromatic rings. The van der Waals surface area contributed by atoms with Gasteiger partial charge in [0.05, 0.1) is 5.69 Å². The zero-order valence-electron chi connectivity index (χ0n) is 15.6. The van der Waals surface area contributed by atoms with Crippen LogP contribution in [-0.2, 0) is 11.2 Å². The molecule has 0 spiro atoms. The lowest BCUT2D eigenvalue weighted by Crippen LogP contribution is -2.34. The maximum Gasteiger partial charge on any atom is 0.414 e. The Kier molecular flexibility index (Phi) is 5.97. The quantitative estimate of drug-likeness (QED) is 0.771. The Balaban J connectivity index is 2.06. The van der Waals surface area contributed by atoms with E-state index in [0.29, 0.717) is 0 Å². The molecule has 4 heteroatoms. The third kappa shape index (κ3) is 5.75. The molecule has 0 aliphatic rings. The van der Waals surface area contributed by atoms with Crippen LogP contribution in [0.4, 0.5) is 10.5 Å². The van der Waals surface area contributed by atoms with Gasteiger partial charge in [-0.2, -0.15) is 0 Å². The number of aromatic nitrogens is 1. The fourth-order valence-corrected chi connectivity index (χ4v) is 2.21. The Morgan fingerprint density at radius 2 is 1.80 bits per heavy atom. The lowest BCUT2D eigenvalue weighted by Gasteiger charge is -2.24. The molecular formula is C21H26N2O2. The molecule has 0 saturated carbocycles. The highest BCUT2D eigenvalue weighted by atomic mass is 16.6. The van der Waals surface area contributed by atoms with Crippen LogP contribution in [0.25, 0.3) is 12.2 Å². The Bertz CT molecular complexity index is 743. The summed E-state index contributed by atoms with van der Waals surface area (Å²) in [6.45, 7) is 7.66. The third-order valence-electron chi connectivity index (χ3n) is 3.58. The molecule has 132 valence electrons. The average Bonchev–Trinajstić information content (AvgIpc) is 2.58. The third-order valence-corrected chi connectivity index (χ3v) is 3.58. The van der Waals surface area contributed by atoms with Crippen LogP contribution >= 0.6 is 0 Å². The second kappa shape index (κ2) is 7.97. The molecule has 0 bridgehead atoms. The van der Waals surface area contributed by atoms with Crippen molar-refractivity contribution in [3.63, 3.8) is 0 Å². The highest BCUT2D eigenvalue weighted by Gasteiger charge is 2.20. The lowest BCUT2D eigenvalue weighted by molar-refractivity contribution is 0.0589. The van der Waals surface area contributed by atoms with E-state index in [-0.39, 0.29) is 6.09 Å². The number of amides is 1.